The smallest absolute Gasteiger partial charge is 0.311 e. The van der Waals surface area contributed by atoms with Crippen LogP contribution in [0.3, 0.4) is 0 Å². The van der Waals surface area contributed by atoms with Gasteiger partial charge in [0.25, 0.3) is 0 Å². The van der Waals surface area contributed by atoms with Crippen LogP contribution in [0, 0.1) is 13.8 Å². The number of aromatic hydroxyl groups is 1. The fourth-order valence-electron chi connectivity index (χ4n) is 1.54. The zero-order valence-electron chi connectivity index (χ0n) is 10.4. The van der Waals surface area contributed by atoms with Gasteiger partial charge in [0.05, 0.1) is 0 Å². The molecule has 0 aromatic heterocycles. The van der Waals surface area contributed by atoms with E-state index in [9.17, 15) is 14.7 Å². The summed E-state index contributed by atoms with van der Waals surface area (Å²) in [5.41, 5.74) is 1.26. The molecule has 0 aliphatic carbocycles. The summed E-state index contributed by atoms with van der Waals surface area (Å²) in [5.74, 6) is -0.858. The topological polar surface area (TPSA) is 83.8 Å². The molecule has 0 spiro atoms. The molecule has 98 valence electrons. The normalized spacial score (nSPS) is 10.1. The zero-order valence-corrected chi connectivity index (χ0v) is 10.4. The Bertz CT molecular complexity index is 441. The second kappa shape index (κ2) is 6.05. The van der Waals surface area contributed by atoms with Crippen LogP contribution < -0.4 is 4.74 Å². The first-order valence-electron chi connectivity index (χ1n) is 5.63. The van der Waals surface area contributed by atoms with Crippen molar-refractivity contribution in [2.45, 2.75) is 33.1 Å². The molecule has 0 heterocycles. The van der Waals surface area contributed by atoms with E-state index in [1.54, 1.807) is 26.0 Å². The van der Waals surface area contributed by atoms with E-state index in [4.69, 9.17) is 9.84 Å². The highest BCUT2D eigenvalue weighted by Crippen LogP contribution is 2.27. The quantitative estimate of drug-likeness (QED) is 0.619. The number of hydrogen-bond acceptors (Lipinski definition) is 4. The minimum absolute atomic E-state index is 0.0528. The van der Waals surface area contributed by atoms with Gasteiger partial charge in [-0.1, -0.05) is 0 Å². The molecule has 5 nitrogen and oxygen atoms in total. The molecule has 2 N–H and O–H groups in total. The minimum Gasteiger partial charge on any atom is -0.507 e. The summed E-state index contributed by atoms with van der Waals surface area (Å²) in [6.45, 7) is 3.42. The lowest BCUT2D eigenvalue weighted by Gasteiger charge is -2.08. The number of hydrogen-bond donors (Lipinski definition) is 2. The lowest BCUT2D eigenvalue weighted by Crippen LogP contribution is -2.09. The fraction of sp³-hybridized carbons (Fsp3) is 0.385. The van der Waals surface area contributed by atoms with Crippen molar-refractivity contribution in [3.8, 4) is 11.5 Å². The van der Waals surface area contributed by atoms with Crippen LogP contribution >= 0.6 is 0 Å². The molecule has 0 fully saturated rings. The van der Waals surface area contributed by atoms with Gasteiger partial charge in [0, 0.05) is 12.8 Å². The Morgan fingerprint density at radius 3 is 2.22 bits per heavy atom. The van der Waals surface area contributed by atoms with Crippen LogP contribution in [-0.2, 0) is 9.59 Å². The summed E-state index contributed by atoms with van der Waals surface area (Å²) in [6, 6.07) is 3.13. The van der Waals surface area contributed by atoms with Gasteiger partial charge in [-0.15, -0.1) is 0 Å². The van der Waals surface area contributed by atoms with Gasteiger partial charge in [-0.25, -0.2) is 0 Å². The highest BCUT2D eigenvalue weighted by molar-refractivity contribution is 5.74. The van der Waals surface area contributed by atoms with Crippen molar-refractivity contribution >= 4 is 11.9 Å². The average Bonchev–Trinajstić information content (AvgIpc) is 2.25. The van der Waals surface area contributed by atoms with Crippen LogP contribution in [0.25, 0.3) is 0 Å². The molecule has 1 aromatic carbocycles. The molecule has 0 radical (unpaired) electrons. The van der Waals surface area contributed by atoms with Crippen LogP contribution in [0.1, 0.15) is 30.4 Å². The number of carbonyl (C=O) groups is 2. The van der Waals surface area contributed by atoms with E-state index in [1.807, 2.05) is 0 Å². The van der Waals surface area contributed by atoms with Crippen molar-refractivity contribution in [2.24, 2.45) is 0 Å². The molecule has 0 aliphatic rings. The van der Waals surface area contributed by atoms with E-state index in [2.05, 4.69) is 0 Å². The van der Waals surface area contributed by atoms with Crippen molar-refractivity contribution in [2.75, 3.05) is 0 Å². The van der Waals surface area contributed by atoms with Gasteiger partial charge in [0.15, 0.2) is 0 Å². The van der Waals surface area contributed by atoms with E-state index in [0.29, 0.717) is 16.9 Å². The number of phenols is 1. The fourth-order valence-corrected chi connectivity index (χ4v) is 1.54. The molecule has 0 aliphatic heterocycles. The average molecular weight is 252 g/mol. The van der Waals surface area contributed by atoms with Gasteiger partial charge in [-0.3, -0.25) is 9.59 Å². The number of aliphatic carboxylic acids is 1. The Balaban J connectivity index is 2.57. The maximum Gasteiger partial charge on any atom is 0.311 e. The maximum absolute atomic E-state index is 11.4. The van der Waals surface area contributed by atoms with E-state index in [0.717, 1.165) is 0 Å². The summed E-state index contributed by atoms with van der Waals surface area (Å²) < 4.78 is 5.07. The molecule has 5 heteroatoms. The third-order valence-electron chi connectivity index (χ3n) is 2.47. The largest absolute Gasteiger partial charge is 0.507 e. The Morgan fingerprint density at radius 1 is 1.17 bits per heavy atom. The van der Waals surface area contributed by atoms with Crippen LogP contribution in [0.5, 0.6) is 11.5 Å². The Labute approximate surface area is 105 Å². The number of benzene rings is 1. The molecule has 0 saturated carbocycles. The van der Waals surface area contributed by atoms with Crippen molar-refractivity contribution in [3.05, 3.63) is 23.3 Å². The van der Waals surface area contributed by atoms with Crippen LogP contribution in [0.15, 0.2) is 12.1 Å². The Kier molecular flexibility index (Phi) is 4.71. The monoisotopic (exact) mass is 252 g/mol. The molecule has 18 heavy (non-hydrogen) atoms. The van der Waals surface area contributed by atoms with Gasteiger partial charge in [-0.05, 0) is 43.5 Å². The molecule has 0 saturated heterocycles. The number of carbonyl (C=O) groups excluding carboxylic acids is 1. The lowest BCUT2D eigenvalue weighted by atomic mass is 10.1. The molecule has 0 unspecified atom stereocenters. The highest BCUT2D eigenvalue weighted by atomic mass is 16.5. The summed E-state index contributed by atoms with van der Waals surface area (Å²) in [4.78, 5) is 21.7. The number of rotatable bonds is 5. The zero-order chi connectivity index (χ0) is 13.7. The first-order valence-corrected chi connectivity index (χ1v) is 5.63. The SMILES string of the molecule is Cc1cc(OC(=O)CCCC(=O)O)cc(C)c1O. The van der Waals surface area contributed by atoms with Gasteiger partial charge < -0.3 is 14.9 Å². The van der Waals surface area contributed by atoms with Crippen LogP contribution in [-0.4, -0.2) is 22.2 Å². The number of aryl methyl sites for hydroxylation is 2. The van der Waals surface area contributed by atoms with Gasteiger partial charge >= 0.3 is 11.9 Å². The van der Waals surface area contributed by atoms with Gasteiger partial charge in [-0.2, -0.15) is 0 Å². The third-order valence-corrected chi connectivity index (χ3v) is 2.47. The number of esters is 1. The lowest BCUT2D eigenvalue weighted by molar-refractivity contribution is -0.137. The molecule has 0 atom stereocenters. The number of ether oxygens (including phenoxy) is 1. The minimum atomic E-state index is -0.931. The van der Waals surface area contributed by atoms with E-state index in [1.165, 1.54) is 0 Å². The Hall–Kier alpha value is -2.04. The van der Waals surface area contributed by atoms with Gasteiger partial charge in [0.2, 0.25) is 0 Å². The van der Waals surface area contributed by atoms with E-state index in [-0.39, 0.29) is 25.0 Å². The van der Waals surface area contributed by atoms with E-state index < -0.39 is 11.9 Å². The summed E-state index contributed by atoms with van der Waals surface area (Å²) >= 11 is 0. The van der Waals surface area contributed by atoms with Crippen LogP contribution in [0.4, 0.5) is 0 Å². The molecule has 0 amide bonds. The molecule has 1 rings (SSSR count). The Morgan fingerprint density at radius 2 is 1.72 bits per heavy atom. The summed E-state index contributed by atoms with van der Waals surface area (Å²) in [7, 11) is 0. The first-order chi connectivity index (χ1) is 8.40. The molecule has 0 bridgehead atoms. The maximum atomic E-state index is 11.4. The molecule has 1 aromatic rings. The predicted octanol–water partition coefficient (Wildman–Crippen LogP) is 2.17. The van der Waals surface area contributed by atoms with Crippen LogP contribution in [0.2, 0.25) is 0 Å². The highest BCUT2D eigenvalue weighted by Gasteiger charge is 2.09. The number of carboxylic acid groups (broad SMARTS) is 1. The third kappa shape index (κ3) is 4.08. The second-order valence-corrected chi connectivity index (χ2v) is 4.13. The summed E-state index contributed by atoms with van der Waals surface area (Å²) in [5, 5.41) is 18.0. The standard InChI is InChI=1S/C13H16O5/c1-8-6-10(7-9(2)13(8)17)18-12(16)5-3-4-11(14)15/h6-7,17H,3-5H2,1-2H3,(H,14,15). The van der Waals surface area contributed by atoms with Crippen molar-refractivity contribution in [1.82, 2.24) is 0 Å². The molecular weight excluding hydrogens is 236 g/mol. The van der Waals surface area contributed by atoms with E-state index >= 15 is 0 Å². The number of phenolic OH excluding ortho intramolecular Hbond substituents is 1. The van der Waals surface area contributed by atoms with Crippen molar-refractivity contribution in [3.63, 3.8) is 0 Å². The van der Waals surface area contributed by atoms with Crippen molar-refractivity contribution < 1.29 is 24.5 Å². The molecular formula is C13H16O5. The predicted molar refractivity (Wildman–Crippen MR) is 64.7 cm³/mol. The second-order valence-electron chi connectivity index (χ2n) is 4.13. The number of carboxylic acids is 1. The van der Waals surface area contributed by atoms with Gasteiger partial charge in [0.1, 0.15) is 11.5 Å². The summed E-state index contributed by atoms with van der Waals surface area (Å²) in [6.07, 6.45) is 0.262. The first kappa shape index (κ1) is 14.0. The van der Waals surface area contributed by atoms with Crippen molar-refractivity contribution in [1.29, 1.82) is 0 Å².